The van der Waals surface area contributed by atoms with Crippen LogP contribution < -0.4 is 18.9 Å². The van der Waals surface area contributed by atoms with Crippen molar-refractivity contribution >= 4 is 24.0 Å². The Labute approximate surface area is 201 Å². The number of rotatable bonds is 11. The van der Waals surface area contributed by atoms with Crippen molar-refractivity contribution in [2.75, 3.05) is 27.9 Å². The summed E-state index contributed by atoms with van der Waals surface area (Å²) in [7, 11) is 4.78. The summed E-state index contributed by atoms with van der Waals surface area (Å²) < 4.78 is 21.9. The highest BCUT2D eigenvalue weighted by atomic mass is 16.5. The summed E-state index contributed by atoms with van der Waals surface area (Å²) >= 11 is 0. The van der Waals surface area contributed by atoms with Crippen molar-refractivity contribution in [2.24, 2.45) is 0 Å². The van der Waals surface area contributed by atoms with Crippen LogP contribution in [0, 0.1) is 0 Å². The third-order valence-corrected chi connectivity index (χ3v) is 5.17. The number of benzene rings is 3. The van der Waals surface area contributed by atoms with Crippen LogP contribution in [0.1, 0.15) is 40.4 Å². The third-order valence-electron chi connectivity index (χ3n) is 5.17. The van der Waals surface area contributed by atoms with Gasteiger partial charge in [0.15, 0.2) is 5.78 Å². The Morgan fingerprint density at radius 2 is 1.56 bits per heavy atom. The number of methoxy groups -OCH3 is 3. The summed E-state index contributed by atoms with van der Waals surface area (Å²) in [5.74, 6) is 2.63. The van der Waals surface area contributed by atoms with Gasteiger partial charge in [-0.15, -0.1) is 0 Å². The second-order valence-electron chi connectivity index (χ2n) is 7.51. The summed E-state index contributed by atoms with van der Waals surface area (Å²) in [6.45, 7) is 2.78. The largest absolute Gasteiger partial charge is 0.497 e. The highest BCUT2D eigenvalue weighted by Gasteiger charge is 2.10. The van der Waals surface area contributed by atoms with Crippen LogP contribution in [-0.4, -0.2) is 33.7 Å². The molecule has 0 heterocycles. The van der Waals surface area contributed by atoms with E-state index < -0.39 is 0 Å². The number of carbonyl (C=O) groups excluding carboxylic acids is 1. The molecule has 0 aliphatic carbocycles. The van der Waals surface area contributed by atoms with Crippen LogP contribution in [0.25, 0.3) is 18.2 Å². The van der Waals surface area contributed by atoms with Crippen LogP contribution in [0.2, 0.25) is 0 Å². The van der Waals surface area contributed by atoms with Gasteiger partial charge < -0.3 is 18.9 Å². The molecule has 0 saturated carbocycles. The molecule has 0 radical (unpaired) electrons. The predicted octanol–water partition coefficient (Wildman–Crippen LogP) is 6.57. The summed E-state index contributed by atoms with van der Waals surface area (Å²) in [5, 5.41) is 0. The molecule has 3 aromatic rings. The molecule has 0 bridgehead atoms. The molecular weight excluding hydrogens is 428 g/mol. The Morgan fingerprint density at radius 1 is 0.794 bits per heavy atom. The Balaban J connectivity index is 1.91. The Morgan fingerprint density at radius 3 is 2.24 bits per heavy atom. The lowest BCUT2D eigenvalue weighted by atomic mass is 10.0. The Bertz CT molecular complexity index is 1160. The lowest BCUT2D eigenvalue weighted by molar-refractivity contribution is 0.104. The number of hydrogen-bond donors (Lipinski definition) is 0. The average molecular weight is 459 g/mol. The molecule has 0 aliphatic rings. The van der Waals surface area contributed by atoms with E-state index in [1.165, 1.54) is 6.08 Å². The van der Waals surface area contributed by atoms with Gasteiger partial charge in [-0.05, 0) is 60.0 Å². The minimum atomic E-state index is -0.130. The number of ketones is 1. The number of allylic oxidation sites excluding steroid dienone is 1. The van der Waals surface area contributed by atoms with E-state index in [0.29, 0.717) is 29.4 Å². The zero-order chi connectivity index (χ0) is 24.3. The summed E-state index contributed by atoms with van der Waals surface area (Å²) in [6, 6.07) is 18.7. The molecular formula is C29H30O5. The van der Waals surface area contributed by atoms with Crippen LogP contribution in [0.15, 0.2) is 66.7 Å². The second kappa shape index (κ2) is 12.3. The number of hydrogen-bond acceptors (Lipinski definition) is 5. The molecule has 0 aromatic heterocycles. The fourth-order valence-electron chi connectivity index (χ4n) is 3.34. The molecule has 3 rings (SSSR count). The van der Waals surface area contributed by atoms with Crippen LogP contribution in [0.3, 0.4) is 0 Å². The fourth-order valence-corrected chi connectivity index (χ4v) is 3.34. The average Bonchev–Trinajstić information content (AvgIpc) is 2.89. The molecule has 34 heavy (non-hydrogen) atoms. The van der Waals surface area contributed by atoms with Gasteiger partial charge in [-0.2, -0.15) is 0 Å². The molecule has 0 aliphatic heterocycles. The van der Waals surface area contributed by atoms with Gasteiger partial charge in [0.05, 0.1) is 27.9 Å². The minimum Gasteiger partial charge on any atom is -0.497 e. The van der Waals surface area contributed by atoms with Gasteiger partial charge in [-0.3, -0.25) is 4.79 Å². The van der Waals surface area contributed by atoms with Gasteiger partial charge in [0.1, 0.15) is 23.0 Å². The highest BCUT2D eigenvalue weighted by Crippen LogP contribution is 2.31. The summed E-state index contributed by atoms with van der Waals surface area (Å²) in [6.07, 6.45) is 8.25. The molecule has 0 spiro atoms. The highest BCUT2D eigenvalue weighted by molar-refractivity contribution is 6.07. The lowest BCUT2D eigenvalue weighted by Crippen LogP contribution is -1.97. The maximum absolute atomic E-state index is 12.8. The monoisotopic (exact) mass is 458 g/mol. The molecule has 0 amide bonds. The number of carbonyl (C=O) groups is 1. The molecule has 3 aromatic carbocycles. The molecule has 0 saturated heterocycles. The fraction of sp³-hybridized carbons (Fsp3) is 0.207. The third kappa shape index (κ3) is 6.51. The van der Waals surface area contributed by atoms with Crippen molar-refractivity contribution in [2.45, 2.75) is 13.3 Å². The standard InChI is InChI=1S/C29H30O5/c1-5-17-34-24-13-10-21(11-14-24)9-12-22-18-26(32-3)20-29(33-4)27(22)15-16-28(30)23-7-6-8-25(19-23)31-2/h6-16,18-20H,5,17H2,1-4H3/b12-9+,16-15+. The van der Waals surface area contributed by atoms with E-state index in [0.717, 1.165) is 28.9 Å². The molecule has 5 heteroatoms. The first-order valence-corrected chi connectivity index (χ1v) is 11.1. The normalized spacial score (nSPS) is 11.1. The zero-order valence-electron chi connectivity index (χ0n) is 20.0. The molecule has 5 nitrogen and oxygen atoms in total. The SMILES string of the molecule is CCCOc1ccc(/C=C/c2cc(OC)cc(OC)c2/C=C/C(=O)c2cccc(OC)c2)cc1. The molecule has 0 atom stereocenters. The van der Waals surface area contributed by atoms with E-state index in [-0.39, 0.29) is 5.78 Å². The van der Waals surface area contributed by atoms with Crippen LogP contribution >= 0.6 is 0 Å². The van der Waals surface area contributed by atoms with Crippen molar-refractivity contribution < 1.29 is 23.7 Å². The predicted molar refractivity (Wildman–Crippen MR) is 137 cm³/mol. The number of ether oxygens (including phenoxy) is 4. The van der Waals surface area contributed by atoms with Gasteiger partial charge in [0.2, 0.25) is 0 Å². The maximum atomic E-state index is 12.8. The van der Waals surface area contributed by atoms with Crippen LogP contribution in [0.5, 0.6) is 23.0 Å². The van der Waals surface area contributed by atoms with Crippen molar-refractivity contribution in [3.05, 3.63) is 89.0 Å². The Kier molecular flexibility index (Phi) is 8.92. The first-order chi connectivity index (χ1) is 16.6. The molecule has 0 fully saturated rings. The molecule has 176 valence electrons. The topological polar surface area (TPSA) is 54.0 Å². The van der Waals surface area contributed by atoms with Gasteiger partial charge in [-0.25, -0.2) is 0 Å². The molecule has 0 N–H and O–H groups in total. The quantitative estimate of drug-likeness (QED) is 0.185. The van der Waals surface area contributed by atoms with E-state index in [9.17, 15) is 4.79 Å². The van der Waals surface area contributed by atoms with E-state index in [4.69, 9.17) is 18.9 Å². The minimum absolute atomic E-state index is 0.130. The van der Waals surface area contributed by atoms with Crippen molar-refractivity contribution in [3.63, 3.8) is 0 Å². The van der Waals surface area contributed by atoms with E-state index in [2.05, 4.69) is 6.92 Å². The first-order valence-electron chi connectivity index (χ1n) is 11.1. The zero-order valence-corrected chi connectivity index (χ0v) is 20.0. The maximum Gasteiger partial charge on any atom is 0.185 e. The summed E-state index contributed by atoms with van der Waals surface area (Å²) in [5.41, 5.74) is 3.20. The molecule has 0 unspecified atom stereocenters. The van der Waals surface area contributed by atoms with E-state index in [1.807, 2.05) is 42.5 Å². The van der Waals surface area contributed by atoms with Crippen molar-refractivity contribution in [1.82, 2.24) is 0 Å². The van der Waals surface area contributed by atoms with Gasteiger partial charge in [0, 0.05) is 17.2 Å². The smallest absolute Gasteiger partial charge is 0.185 e. The van der Waals surface area contributed by atoms with Crippen LogP contribution in [-0.2, 0) is 0 Å². The van der Waals surface area contributed by atoms with Crippen molar-refractivity contribution in [3.8, 4) is 23.0 Å². The van der Waals surface area contributed by atoms with Gasteiger partial charge in [0.25, 0.3) is 0 Å². The van der Waals surface area contributed by atoms with Crippen LogP contribution in [0.4, 0.5) is 0 Å². The first kappa shape index (κ1) is 24.6. The van der Waals surface area contributed by atoms with Crippen molar-refractivity contribution in [1.29, 1.82) is 0 Å². The van der Waals surface area contributed by atoms with E-state index in [1.54, 1.807) is 57.7 Å². The summed E-state index contributed by atoms with van der Waals surface area (Å²) in [4.78, 5) is 12.8. The Hall–Kier alpha value is -3.99. The van der Waals surface area contributed by atoms with Gasteiger partial charge >= 0.3 is 0 Å². The van der Waals surface area contributed by atoms with E-state index >= 15 is 0 Å². The lowest BCUT2D eigenvalue weighted by Gasteiger charge is -2.12. The van der Waals surface area contributed by atoms with Gasteiger partial charge in [-0.1, -0.05) is 43.3 Å². The second-order valence-corrected chi connectivity index (χ2v) is 7.51.